The van der Waals surface area contributed by atoms with E-state index in [4.69, 9.17) is 56.8 Å². The summed E-state index contributed by atoms with van der Waals surface area (Å²) in [5.41, 5.74) is 1.64. The molecule has 256 valence electrons. The van der Waals surface area contributed by atoms with Crippen molar-refractivity contribution >= 4 is 23.5 Å². The van der Waals surface area contributed by atoms with E-state index in [1.807, 2.05) is 12.5 Å². The first-order valence-corrected chi connectivity index (χ1v) is 16.6. The summed E-state index contributed by atoms with van der Waals surface area (Å²) in [5.74, 6) is 4.43. The summed E-state index contributed by atoms with van der Waals surface area (Å²) >= 11 is 2.93. The second kappa shape index (κ2) is 21.2. The van der Waals surface area contributed by atoms with Gasteiger partial charge in [0, 0.05) is 39.6 Å². The molecule has 0 radical (unpaired) electrons. The lowest BCUT2D eigenvalue weighted by Gasteiger charge is -2.24. The Balaban J connectivity index is 2.45. The van der Waals surface area contributed by atoms with Gasteiger partial charge in [-0.2, -0.15) is 0 Å². The zero-order valence-corrected chi connectivity index (χ0v) is 29.7. The minimum Gasteiger partial charge on any atom is -0.492 e. The molecule has 0 saturated carbocycles. The average molecular weight is 677 g/mol. The Morgan fingerprint density at radius 1 is 0.378 bits per heavy atom. The Hall–Kier alpha value is -2.62. The smallest absolute Gasteiger partial charge is 0.188 e. The molecule has 0 aromatic heterocycles. The maximum atomic E-state index is 6.04. The largest absolute Gasteiger partial charge is 0.492 e. The number of rotatable bonds is 24. The van der Waals surface area contributed by atoms with Crippen molar-refractivity contribution in [2.24, 2.45) is 0 Å². The highest BCUT2D eigenvalue weighted by Gasteiger charge is 2.29. The molecule has 2 rings (SSSR count). The van der Waals surface area contributed by atoms with Crippen molar-refractivity contribution in [2.45, 2.75) is 41.9 Å². The van der Waals surface area contributed by atoms with Crippen molar-refractivity contribution < 1.29 is 56.8 Å². The fraction of sp³-hybridized carbons (Fsp3) is 0.613. The quantitative estimate of drug-likeness (QED) is 0.0731. The molecule has 0 aliphatic heterocycles. The highest BCUT2D eigenvalue weighted by atomic mass is 32.2. The van der Waals surface area contributed by atoms with E-state index in [0.29, 0.717) is 58.8 Å². The molecule has 0 aliphatic rings. The Morgan fingerprint density at radius 3 is 0.956 bits per heavy atom. The summed E-state index contributed by atoms with van der Waals surface area (Å²) in [7, 11) is 12.7. The molecule has 0 saturated heterocycles. The Labute approximate surface area is 275 Å². The summed E-state index contributed by atoms with van der Waals surface area (Å²) in [6.07, 6.45) is 7.56. The van der Waals surface area contributed by atoms with Crippen LogP contribution in [0.2, 0.25) is 0 Å². The van der Waals surface area contributed by atoms with Gasteiger partial charge in [0.1, 0.15) is 0 Å². The highest BCUT2D eigenvalue weighted by Crippen LogP contribution is 2.54. The molecule has 0 bridgehead atoms. The SMILES string of the molecule is COCOc1c(CCCCCc2c(OCOC)c(OC)c(SC)c(OCOC)c2OC)c(OC)c(OCOC)c(SC)c1OC. The average Bonchev–Trinajstić information content (AvgIpc) is 3.06. The second-order valence-corrected chi connectivity index (χ2v) is 10.9. The summed E-state index contributed by atoms with van der Waals surface area (Å²) < 4.78 is 68.2. The molecule has 45 heavy (non-hydrogen) atoms. The number of ether oxygens (including phenoxy) is 12. The molecular formula is C31H48O12S2. The molecule has 0 unspecified atom stereocenters. The van der Waals surface area contributed by atoms with Crippen molar-refractivity contribution in [2.75, 3.05) is 96.6 Å². The third-order valence-corrected chi connectivity index (χ3v) is 8.17. The number of hydrogen-bond donors (Lipinski definition) is 0. The Bertz CT molecular complexity index is 1090. The van der Waals surface area contributed by atoms with E-state index in [9.17, 15) is 0 Å². The molecule has 0 fully saturated rings. The predicted molar refractivity (Wildman–Crippen MR) is 174 cm³/mol. The van der Waals surface area contributed by atoms with Crippen molar-refractivity contribution in [3.63, 3.8) is 0 Å². The van der Waals surface area contributed by atoms with Crippen molar-refractivity contribution in [1.29, 1.82) is 0 Å². The van der Waals surface area contributed by atoms with Gasteiger partial charge in [-0.05, 0) is 38.2 Å². The fourth-order valence-corrected chi connectivity index (χ4v) is 6.22. The van der Waals surface area contributed by atoms with Gasteiger partial charge >= 0.3 is 0 Å². The van der Waals surface area contributed by atoms with Gasteiger partial charge in [-0.1, -0.05) is 6.42 Å². The lowest BCUT2D eigenvalue weighted by Crippen LogP contribution is -2.10. The van der Waals surface area contributed by atoms with E-state index in [1.54, 1.807) is 56.9 Å². The molecule has 2 aromatic rings. The molecule has 0 heterocycles. The molecule has 0 spiro atoms. The second-order valence-electron chi connectivity index (χ2n) is 9.24. The van der Waals surface area contributed by atoms with Crippen LogP contribution < -0.4 is 37.9 Å². The maximum Gasteiger partial charge on any atom is 0.188 e. The van der Waals surface area contributed by atoms with Crippen LogP contribution in [0.25, 0.3) is 0 Å². The molecule has 0 amide bonds. The van der Waals surface area contributed by atoms with Gasteiger partial charge in [-0.3, -0.25) is 0 Å². The van der Waals surface area contributed by atoms with Gasteiger partial charge in [0.25, 0.3) is 0 Å². The topological polar surface area (TPSA) is 111 Å². The summed E-state index contributed by atoms with van der Waals surface area (Å²) in [5, 5.41) is 0. The van der Waals surface area contributed by atoms with Crippen LogP contribution in [-0.2, 0) is 31.8 Å². The first-order valence-electron chi connectivity index (χ1n) is 14.1. The first-order chi connectivity index (χ1) is 22.0. The number of benzene rings is 2. The van der Waals surface area contributed by atoms with Crippen molar-refractivity contribution in [3.05, 3.63) is 11.1 Å². The first kappa shape index (κ1) is 38.6. The normalized spacial score (nSPS) is 10.9. The molecule has 0 aliphatic carbocycles. The number of unbranched alkanes of at least 4 members (excludes halogenated alkanes) is 2. The third kappa shape index (κ3) is 9.69. The lowest BCUT2D eigenvalue weighted by molar-refractivity contribution is 0.0423. The monoisotopic (exact) mass is 676 g/mol. The van der Waals surface area contributed by atoms with E-state index >= 15 is 0 Å². The van der Waals surface area contributed by atoms with E-state index in [2.05, 4.69) is 0 Å². The van der Waals surface area contributed by atoms with Crippen LogP contribution in [0.1, 0.15) is 30.4 Å². The van der Waals surface area contributed by atoms with Gasteiger partial charge in [-0.25, -0.2) is 0 Å². The Kier molecular flexibility index (Phi) is 18.2. The van der Waals surface area contributed by atoms with Gasteiger partial charge in [0.05, 0.1) is 38.2 Å². The molecule has 0 atom stereocenters. The van der Waals surface area contributed by atoms with E-state index in [-0.39, 0.29) is 27.2 Å². The minimum atomic E-state index is 0.0456. The zero-order chi connectivity index (χ0) is 33.2. The van der Waals surface area contributed by atoms with Crippen molar-refractivity contribution in [3.8, 4) is 46.0 Å². The van der Waals surface area contributed by atoms with Crippen LogP contribution in [0.4, 0.5) is 0 Å². The molecule has 12 nitrogen and oxygen atoms in total. The van der Waals surface area contributed by atoms with E-state index < -0.39 is 0 Å². The van der Waals surface area contributed by atoms with E-state index in [1.165, 1.54) is 23.5 Å². The third-order valence-electron chi connectivity index (χ3n) is 6.61. The lowest BCUT2D eigenvalue weighted by atomic mass is 9.99. The number of hydrogen-bond acceptors (Lipinski definition) is 14. The van der Waals surface area contributed by atoms with Gasteiger partial charge in [-0.15, -0.1) is 23.5 Å². The summed E-state index contributed by atoms with van der Waals surface area (Å²) in [6, 6.07) is 0. The van der Waals surface area contributed by atoms with Gasteiger partial charge in [0.15, 0.2) is 73.2 Å². The van der Waals surface area contributed by atoms with E-state index in [0.717, 1.165) is 40.2 Å². The number of thioether (sulfide) groups is 2. The van der Waals surface area contributed by atoms with Gasteiger partial charge < -0.3 is 56.8 Å². The molecule has 14 heteroatoms. The van der Waals surface area contributed by atoms with Crippen LogP contribution in [0.5, 0.6) is 46.0 Å². The molecule has 2 aromatic carbocycles. The maximum absolute atomic E-state index is 6.04. The highest BCUT2D eigenvalue weighted by molar-refractivity contribution is 7.99. The fourth-order valence-electron chi connectivity index (χ4n) is 4.82. The summed E-state index contributed by atoms with van der Waals surface area (Å²) in [4.78, 5) is 1.48. The van der Waals surface area contributed by atoms with Crippen LogP contribution in [0.15, 0.2) is 9.79 Å². The van der Waals surface area contributed by atoms with Crippen molar-refractivity contribution in [1.82, 2.24) is 0 Å². The summed E-state index contributed by atoms with van der Waals surface area (Å²) in [6.45, 7) is 0.192. The number of methoxy groups -OCH3 is 8. The molecule has 0 N–H and O–H groups in total. The standard InChI is InChI=1S/C31H48O12S2/c1-32-16-40-24-20(22(36-5)28(42-18-34-3)30(44-9)26(24)38-7)14-12-11-13-15-21-23(37-6)29(43-19-35-4)31(45-10)27(39-8)25(21)41-17-33-2/h11-19H2,1-10H3. The Morgan fingerprint density at radius 2 is 0.689 bits per heavy atom. The minimum absolute atomic E-state index is 0.0456. The predicted octanol–water partition coefficient (Wildman–Crippen LogP) is 6.05. The van der Waals surface area contributed by atoms with Gasteiger partial charge in [0.2, 0.25) is 0 Å². The van der Waals surface area contributed by atoms with Crippen LogP contribution in [0.3, 0.4) is 0 Å². The van der Waals surface area contributed by atoms with Crippen LogP contribution in [0, 0.1) is 0 Å². The van der Waals surface area contributed by atoms with Crippen LogP contribution >= 0.6 is 23.5 Å². The van der Waals surface area contributed by atoms with Crippen LogP contribution in [-0.4, -0.2) is 96.6 Å². The zero-order valence-electron chi connectivity index (χ0n) is 28.1. The molecular weight excluding hydrogens is 628 g/mol.